The molecule has 0 amide bonds. The fourth-order valence-corrected chi connectivity index (χ4v) is 3.19. The van der Waals surface area contributed by atoms with Gasteiger partial charge in [0.05, 0.1) is 0 Å². The minimum absolute atomic E-state index is 0.914. The van der Waals surface area contributed by atoms with Crippen molar-refractivity contribution in [2.75, 3.05) is 13.6 Å². The summed E-state index contributed by atoms with van der Waals surface area (Å²) in [5.74, 6) is 1.86. The maximum Gasteiger partial charge on any atom is -0.00209 e. The van der Waals surface area contributed by atoms with Crippen LogP contribution < -0.4 is 5.32 Å². The SMILES string of the molecule is CNCC1CCCCC1CCc1ccccc1. The molecule has 0 spiro atoms. The molecule has 2 rings (SSSR count). The average Bonchev–Trinajstić information content (AvgIpc) is 2.39. The Morgan fingerprint density at radius 3 is 2.47 bits per heavy atom. The van der Waals surface area contributed by atoms with Gasteiger partial charge >= 0.3 is 0 Å². The molecule has 17 heavy (non-hydrogen) atoms. The molecule has 2 atom stereocenters. The Morgan fingerprint density at radius 1 is 1.06 bits per heavy atom. The van der Waals surface area contributed by atoms with E-state index >= 15 is 0 Å². The van der Waals surface area contributed by atoms with E-state index in [1.54, 1.807) is 0 Å². The Balaban J connectivity index is 1.84. The summed E-state index contributed by atoms with van der Waals surface area (Å²) in [7, 11) is 2.09. The minimum atomic E-state index is 0.914. The van der Waals surface area contributed by atoms with Gasteiger partial charge in [0.25, 0.3) is 0 Å². The lowest BCUT2D eigenvalue weighted by atomic mass is 9.76. The molecule has 1 heteroatoms. The van der Waals surface area contributed by atoms with Crippen LogP contribution in [0.2, 0.25) is 0 Å². The van der Waals surface area contributed by atoms with E-state index < -0.39 is 0 Å². The smallest absolute Gasteiger partial charge is 0.00209 e. The molecule has 2 unspecified atom stereocenters. The first-order valence-electron chi connectivity index (χ1n) is 7.08. The van der Waals surface area contributed by atoms with Crippen molar-refractivity contribution in [1.82, 2.24) is 5.32 Å². The van der Waals surface area contributed by atoms with Crippen LogP contribution in [-0.4, -0.2) is 13.6 Å². The first kappa shape index (κ1) is 12.6. The van der Waals surface area contributed by atoms with Crippen LogP contribution in [0.1, 0.15) is 37.7 Å². The predicted octanol–water partition coefficient (Wildman–Crippen LogP) is 3.65. The van der Waals surface area contributed by atoms with Crippen LogP contribution >= 0.6 is 0 Å². The van der Waals surface area contributed by atoms with Crippen molar-refractivity contribution in [3.63, 3.8) is 0 Å². The lowest BCUT2D eigenvalue weighted by Gasteiger charge is -2.31. The van der Waals surface area contributed by atoms with Crippen molar-refractivity contribution in [2.45, 2.75) is 38.5 Å². The normalized spacial score (nSPS) is 24.8. The molecule has 1 aromatic carbocycles. The van der Waals surface area contributed by atoms with Gasteiger partial charge in [0.15, 0.2) is 0 Å². The van der Waals surface area contributed by atoms with Crippen molar-refractivity contribution in [2.24, 2.45) is 11.8 Å². The number of hydrogen-bond acceptors (Lipinski definition) is 1. The van der Waals surface area contributed by atoms with Gasteiger partial charge in [-0.05, 0) is 50.3 Å². The third-order valence-corrected chi connectivity index (χ3v) is 4.18. The molecule has 0 aliphatic heterocycles. The van der Waals surface area contributed by atoms with Gasteiger partial charge in [0.2, 0.25) is 0 Å². The molecule has 1 aromatic rings. The number of benzene rings is 1. The van der Waals surface area contributed by atoms with E-state index in [1.165, 1.54) is 50.6 Å². The maximum absolute atomic E-state index is 3.37. The van der Waals surface area contributed by atoms with Gasteiger partial charge in [-0.3, -0.25) is 0 Å². The molecule has 0 aromatic heterocycles. The van der Waals surface area contributed by atoms with Gasteiger partial charge < -0.3 is 5.32 Å². The molecule has 1 nitrogen and oxygen atoms in total. The molecule has 0 heterocycles. The average molecular weight is 231 g/mol. The molecule has 0 bridgehead atoms. The monoisotopic (exact) mass is 231 g/mol. The van der Waals surface area contributed by atoms with E-state index in [0.717, 1.165) is 11.8 Å². The van der Waals surface area contributed by atoms with Crippen molar-refractivity contribution >= 4 is 0 Å². The van der Waals surface area contributed by atoms with Crippen molar-refractivity contribution in [1.29, 1.82) is 0 Å². The highest BCUT2D eigenvalue weighted by molar-refractivity contribution is 5.14. The summed E-state index contributed by atoms with van der Waals surface area (Å²) >= 11 is 0. The number of aryl methyl sites for hydroxylation is 1. The molecule has 94 valence electrons. The third kappa shape index (κ3) is 3.85. The molecule has 1 fully saturated rings. The molecular formula is C16H25N. The van der Waals surface area contributed by atoms with E-state index in [2.05, 4.69) is 42.7 Å². The Morgan fingerprint density at radius 2 is 1.76 bits per heavy atom. The summed E-state index contributed by atoms with van der Waals surface area (Å²) in [6, 6.07) is 10.9. The Kier molecular flexibility index (Phi) is 5.06. The van der Waals surface area contributed by atoms with Gasteiger partial charge in [0, 0.05) is 0 Å². The van der Waals surface area contributed by atoms with Crippen LogP contribution in [0.5, 0.6) is 0 Å². The first-order valence-corrected chi connectivity index (χ1v) is 7.08. The van der Waals surface area contributed by atoms with Crippen LogP contribution in [0.15, 0.2) is 30.3 Å². The fourth-order valence-electron chi connectivity index (χ4n) is 3.19. The van der Waals surface area contributed by atoms with E-state index in [0.29, 0.717) is 0 Å². The topological polar surface area (TPSA) is 12.0 Å². The van der Waals surface area contributed by atoms with Gasteiger partial charge in [0.1, 0.15) is 0 Å². The van der Waals surface area contributed by atoms with Crippen LogP contribution in [0.4, 0.5) is 0 Å². The number of hydrogen-bond donors (Lipinski definition) is 1. The van der Waals surface area contributed by atoms with Crippen molar-refractivity contribution < 1.29 is 0 Å². The van der Waals surface area contributed by atoms with Gasteiger partial charge in [-0.1, -0.05) is 49.6 Å². The minimum Gasteiger partial charge on any atom is -0.319 e. The van der Waals surface area contributed by atoms with Crippen LogP contribution in [0.3, 0.4) is 0 Å². The Bertz CT molecular complexity index is 305. The lowest BCUT2D eigenvalue weighted by Crippen LogP contribution is -2.29. The number of nitrogens with one attached hydrogen (secondary N) is 1. The predicted molar refractivity (Wildman–Crippen MR) is 74.1 cm³/mol. The van der Waals surface area contributed by atoms with Gasteiger partial charge in [-0.25, -0.2) is 0 Å². The van der Waals surface area contributed by atoms with Crippen molar-refractivity contribution in [3.8, 4) is 0 Å². The molecule has 1 aliphatic rings. The highest BCUT2D eigenvalue weighted by Crippen LogP contribution is 2.32. The van der Waals surface area contributed by atoms with Gasteiger partial charge in [-0.15, -0.1) is 0 Å². The maximum atomic E-state index is 3.37. The molecule has 1 saturated carbocycles. The quantitative estimate of drug-likeness (QED) is 0.815. The lowest BCUT2D eigenvalue weighted by molar-refractivity contribution is 0.221. The fraction of sp³-hybridized carbons (Fsp3) is 0.625. The summed E-state index contributed by atoms with van der Waals surface area (Å²) in [6.07, 6.45) is 8.38. The van der Waals surface area contributed by atoms with Crippen LogP contribution in [-0.2, 0) is 6.42 Å². The largest absolute Gasteiger partial charge is 0.319 e. The second-order valence-electron chi connectivity index (χ2n) is 5.39. The molecule has 0 saturated heterocycles. The Hall–Kier alpha value is -0.820. The summed E-state index contributed by atoms with van der Waals surface area (Å²) in [5, 5.41) is 3.37. The highest BCUT2D eigenvalue weighted by Gasteiger charge is 2.23. The molecule has 0 radical (unpaired) electrons. The molecule has 1 aliphatic carbocycles. The van der Waals surface area contributed by atoms with Gasteiger partial charge in [-0.2, -0.15) is 0 Å². The zero-order chi connectivity index (χ0) is 11.9. The summed E-state index contributed by atoms with van der Waals surface area (Å²) in [5.41, 5.74) is 1.50. The first-order chi connectivity index (χ1) is 8.40. The summed E-state index contributed by atoms with van der Waals surface area (Å²) in [6.45, 7) is 1.21. The zero-order valence-electron chi connectivity index (χ0n) is 11.0. The summed E-state index contributed by atoms with van der Waals surface area (Å²) < 4.78 is 0. The van der Waals surface area contributed by atoms with Crippen molar-refractivity contribution in [3.05, 3.63) is 35.9 Å². The second-order valence-corrected chi connectivity index (χ2v) is 5.39. The molecular weight excluding hydrogens is 206 g/mol. The highest BCUT2D eigenvalue weighted by atomic mass is 14.8. The third-order valence-electron chi connectivity index (χ3n) is 4.18. The zero-order valence-corrected chi connectivity index (χ0v) is 11.0. The standard InChI is InChI=1S/C16H25N/c1-17-13-16-10-6-5-9-15(16)12-11-14-7-3-2-4-8-14/h2-4,7-8,15-17H,5-6,9-13H2,1H3. The van der Waals surface area contributed by atoms with E-state index in [4.69, 9.17) is 0 Å². The second kappa shape index (κ2) is 6.80. The molecule has 1 N–H and O–H groups in total. The van der Waals surface area contributed by atoms with E-state index in [1.807, 2.05) is 0 Å². The Labute approximate surface area is 106 Å². The van der Waals surface area contributed by atoms with E-state index in [-0.39, 0.29) is 0 Å². The van der Waals surface area contributed by atoms with E-state index in [9.17, 15) is 0 Å². The van der Waals surface area contributed by atoms with Crippen LogP contribution in [0, 0.1) is 11.8 Å². The summed E-state index contributed by atoms with van der Waals surface area (Å²) in [4.78, 5) is 0. The van der Waals surface area contributed by atoms with Crippen LogP contribution in [0.25, 0.3) is 0 Å². The number of rotatable bonds is 5.